The van der Waals surface area contributed by atoms with E-state index in [0.717, 1.165) is 18.2 Å². The largest absolute Gasteiger partial charge is 0.393 e. The maximum atomic E-state index is 13.1. The number of hydrogen-bond donors (Lipinski definition) is 2. The van der Waals surface area contributed by atoms with Crippen molar-refractivity contribution in [3.8, 4) is 0 Å². The Morgan fingerprint density at radius 2 is 2.00 bits per heavy atom. The molecule has 0 aromatic rings. The SMILES string of the molecule is C[C@]12C=CC(=O)C=C1CC[C@@H]1[C@@H]2C(O)C[C@@]2(C)[C@H]1CC(OCCOS(C)(=O)=O)[C@]2(O)C(=O)CCl. The summed E-state index contributed by atoms with van der Waals surface area (Å²) in [6.45, 7) is 3.52. The number of allylic oxidation sites excluding steroid dienone is 4. The van der Waals surface area contributed by atoms with Crippen LogP contribution in [0.4, 0.5) is 0 Å². The van der Waals surface area contributed by atoms with Gasteiger partial charge in [-0.15, -0.1) is 11.6 Å². The van der Waals surface area contributed by atoms with E-state index < -0.39 is 50.4 Å². The van der Waals surface area contributed by atoms with E-state index in [4.69, 9.17) is 20.5 Å². The van der Waals surface area contributed by atoms with Gasteiger partial charge in [0.2, 0.25) is 0 Å². The summed E-state index contributed by atoms with van der Waals surface area (Å²) >= 11 is 5.92. The number of Topliss-reactive ketones (excluding diaryl/α,β-unsaturated/α-hetero) is 1. The van der Waals surface area contributed by atoms with Crippen LogP contribution < -0.4 is 0 Å². The minimum absolute atomic E-state index is 0.00993. The number of hydrogen-bond acceptors (Lipinski definition) is 8. The molecule has 190 valence electrons. The number of halogens is 1. The molecule has 0 aromatic heterocycles. The highest BCUT2D eigenvalue weighted by Crippen LogP contribution is 2.67. The Labute approximate surface area is 205 Å². The minimum atomic E-state index is -3.65. The average Bonchev–Trinajstić information content (AvgIpc) is 2.97. The Morgan fingerprint density at radius 1 is 1.29 bits per heavy atom. The highest BCUT2D eigenvalue weighted by molar-refractivity contribution is 7.85. The molecular weight excluding hydrogens is 484 g/mol. The fraction of sp³-hybridized carbons (Fsp3) is 0.750. The van der Waals surface area contributed by atoms with Crippen LogP contribution in [0.2, 0.25) is 0 Å². The van der Waals surface area contributed by atoms with Crippen molar-refractivity contribution in [2.45, 2.75) is 57.3 Å². The third-order valence-corrected chi connectivity index (χ3v) is 9.77. The number of ether oxygens (including phenoxy) is 1. The monoisotopic (exact) mass is 516 g/mol. The van der Waals surface area contributed by atoms with Crippen LogP contribution in [0.3, 0.4) is 0 Å². The second-order valence-corrected chi connectivity index (χ2v) is 12.6. The van der Waals surface area contributed by atoms with Crippen molar-refractivity contribution in [2.24, 2.45) is 28.6 Å². The van der Waals surface area contributed by atoms with Crippen LogP contribution in [0.1, 0.15) is 39.5 Å². The number of fused-ring (bicyclic) bond motifs is 5. The summed E-state index contributed by atoms with van der Waals surface area (Å²) in [5, 5.41) is 23.3. The second kappa shape index (κ2) is 8.78. The number of carbonyl (C=O) groups is 2. The van der Waals surface area contributed by atoms with Crippen molar-refractivity contribution in [3.63, 3.8) is 0 Å². The highest BCUT2D eigenvalue weighted by Gasteiger charge is 2.71. The molecule has 0 aliphatic heterocycles. The number of carbonyl (C=O) groups excluding carboxylic acids is 2. The number of alkyl halides is 1. The van der Waals surface area contributed by atoms with Gasteiger partial charge in [-0.2, -0.15) is 8.42 Å². The topological polar surface area (TPSA) is 127 Å². The molecule has 0 spiro atoms. The summed E-state index contributed by atoms with van der Waals surface area (Å²) in [7, 11) is -3.65. The van der Waals surface area contributed by atoms with Crippen LogP contribution in [-0.2, 0) is 28.6 Å². The first kappa shape index (κ1) is 26.0. The summed E-state index contributed by atoms with van der Waals surface area (Å²) in [4.78, 5) is 25.0. The van der Waals surface area contributed by atoms with Gasteiger partial charge in [0.15, 0.2) is 17.2 Å². The maximum Gasteiger partial charge on any atom is 0.264 e. The van der Waals surface area contributed by atoms with Crippen LogP contribution in [-0.4, -0.2) is 73.4 Å². The van der Waals surface area contributed by atoms with Gasteiger partial charge < -0.3 is 14.9 Å². The summed E-state index contributed by atoms with van der Waals surface area (Å²) < 4.78 is 33.2. The quantitative estimate of drug-likeness (QED) is 0.298. The molecule has 3 saturated carbocycles. The zero-order valence-corrected chi connectivity index (χ0v) is 21.3. The first-order chi connectivity index (χ1) is 15.8. The summed E-state index contributed by atoms with van der Waals surface area (Å²) in [5.41, 5.74) is -2.37. The minimum Gasteiger partial charge on any atom is -0.393 e. The lowest BCUT2D eigenvalue weighted by Gasteiger charge is -2.59. The molecule has 34 heavy (non-hydrogen) atoms. The van der Waals surface area contributed by atoms with Gasteiger partial charge >= 0.3 is 0 Å². The van der Waals surface area contributed by atoms with Crippen molar-refractivity contribution in [3.05, 3.63) is 23.8 Å². The van der Waals surface area contributed by atoms with Crippen LogP contribution in [0.5, 0.6) is 0 Å². The molecule has 4 aliphatic rings. The Bertz CT molecular complexity index is 1040. The molecule has 0 radical (unpaired) electrons. The average molecular weight is 517 g/mol. The molecule has 4 aliphatic carbocycles. The van der Waals surface area contributed by atoms with Crippen LogP contribution in [0.25, 0.3) is 0 Å². The van der Waals surface area contributed by atoms with Gasteiger partial charge in [-0.1, -0.05) is 25.5 Å². The van der Waals surface area contributed by atoms with Gasteiger partial charge in [0.1, 0.15) is 0 Å². The molecule has 4 rings (SSSR count). The fourth-order valence-electron chi connectivity index (χ4n) is 7.48. The van der Waals surface area contributed by atoms with Gasteiger partial charge in [-0.3, -0.25) is 13.8 Å². The first-order valence-electron chi connectivity index (χ1n) is 11.7. The number of ketones is 2. The van der Waals surface area contributed by atoms with Gasteiger partial charge in [0.25, 0.3) is 10.1 Å². The molecule has 2 N–H and O–H groups in total. The predicted octanol–water partition coefficient (Wildman–Crippen LogP) is 1.78. The molecule has 0 heterocycles. The van der Waals surface area contributed by atoms with Gasteiger partial charge in [-0.25, -0.2) is 0 Å². The van der Waals surface area contributed by atoms with E-state index in [9.17, 15) is 28.2 Å². The third kappa shape index (κ3) is 3.92. The van der Waals surface area contributed by atoms with Crippen molar-refractivity contribution in [1.82, 2.24) is 0 Å². The standard InChI is InChI=1S/C24H33ClO8S/c1-22-7-6-15(26)10-14(22)4-5-16-17-11-20(32-8-9-33-34(3,30)31)24(29,19(28)13-25)23(17,2)12-18(27)21(16)22/h6-7,10,16-18,20-21,27,29H,4-5,8-9,11-13H2,1-3H3/t16-,17-,18?,20?,21+,22-,23-,24+/m0/s1. The number of rotatable bonds is 7. The molecule has 3 fully saturated rings. The lowest BCUT2D eigenvalue weighted by molar-refractivity contribution is -0.192. The van der Waals surface area contributed by atoms with E-state index in [2.05, 4.69) is 0 Å². The van der Waals surface area contributed by atoms with Crippen molar-refractivity contribution in [1.29, 1.82) is 0 Å². The number of aliphatic hydroxyl groups is 2. The third-order valence-electron chi connectivity index (χ3n) is 8.94. The van der Waals surface area contributed by atoms with Crippen molar-refractivity contribution >= 4 is 33.3 Å². The molecule has 0 bridgehead atoms. The first-order valence-corrected chi connectivity index (χ1v) is 14.0. The lowest BCUT2D eigenvalue weighted by Crippen LogP contribution is -2.63. The van der Waals surface area contributed by atoms with E-state index in [1.54, 1.807) is 12.2 Å². The molecule has 0 saturated heterocycles. The summed E-state index contributed by atoms with van der Waals surface area (Å²) in [5.74, 6) is -1.33. The zero-order chi connectivity index (χ0) is 25.1. The van der Waals surface area contributed by atoms with E-state index >= 15 is 0 Å². The fourth-order valence-corrected chi connectivity index (χ4v) is 8.05. The smallest absolute Gasteiger partial charge is 0.264 e. The van der Waals surface area contributed by atoms with Crippen LogP contribution >= 0.6 is 11.6 Å². The van der Waals surface area contributed by atoms with E-state index in [1.807, 2.05) is 19.9 Å². The summed E-state index contributed by atoms with van der Waals surface area (Å²) in [6.07, 6.45) is 6.33. The predicted molar refractivity (Wildman–Crippen MR) is 125 cm³/mol. The summed E-state index contributed by atoms with van der Waals surface area (Å²) in [6, 6.07) is 0. The molecule has 8 atom stereocenters. The lowest BCUT2D eigenvalue weighted by atomic mass is 9.46. The molecule has 10 heteroatoms. The van der Waals surface area contributed by atoms with Gasteiger partial charge in [-0.05, 0) is 49.7 Å². The molecule has 8 nitrogen and oxygen atoms in total. The van der Waals surface area contributed by atoms with Gasteiger partial charge in [0, 0.05) is 16.7 Å². The maximum absolute atomic E-state index is 13.1. The Balaban J connectivity index is 1.66. The Hall–Kier alpha value is -1.10. The second-order valence-electron chi connectivity index (χ2n) is 10.7. The number of aliphatic hydroxyl groups excluding tert-OH is 1. The molecular formula is C24H33ClO8S. The van der Waals surface area contributed by atoms with Crippen LogP contribution in [0, 0.1) is 28.6 Å². The normalized spacial score (nSPS) is 43.6. The van der Waals surface area contributed by atoms with E-state index in [0.29, 0.717) is 12.8 Å². The Kier molecular flexibility index (Phi) is 6.71. The Morgan fingerprint density at radius 3 is 2.65 bits per heavy atom. The molecule has 2 unspecified atom stereocenters. The van der Waals surface area contributed by atoms with E-state index in [-0.39, 0.29) is 43.2 Å². The van der Waals surface area contributed by atoms with Crippen molar-refractivity contribution in [2.75, 3.05) is 25.3 Å². The van der Waals surface area contributed by atoms with Crippen molar-refractivity contribution < 1.29 is 37.1 Å². The zero-order valence-electron chi connectivity index (χ0n) is 19.7. The highest BCUT2D eigenvalue weighted by atomic mass is 35.5. The van der Waals surface area contributed by atoms with Gasteiger partial charge in [0.05, 0.1) is 37.6 Å². The molecule has 0 aromatic carbocycles. The molecule has 0 amide bonds. The van der Waals surface area contributed by atoms with E-state index in [1.165, 1.54) is 0 Å². The van der Waals surface area contributed by atoms with Crippen LogP contribution in [0.15, 0.2) is 23.8 Å².